The van der Waals surface area contributed by atoms with Crippen molar-refractivity contribution >= 4 is 5.97 Å². The molecule has 0 atom stereocenters. The molecule has 0 unspecified atom stereocenters. The molecule has 1 rings (SSSR count). The molecule has 0 spiro atoms. The minimum absolute atomic E-state index is 0.104. The van der Waals surface area contributed by atoms with Crippen molar-refractivity contribution in [1.29, 1.82) is 0 Å². The van der Waals surface area contributed by atoms with Crippen LogP contribution in [0.5, 0.6) is 0 Å². The van der Waals surface area contributed by atoms with E-state index >= 15 is 0 Å². The Balaban J connectivity index is 2.38. The number of aryl methyl sites for hydroxylation is 1. The summed E-state index contributed by atoms with van der Waals surface area (Å²) in [6.07, 6.45) is 2.34. The van der Waals surface area contributed by atoms with Crippen LogP contribution in [0.1, 0.15) is 12.1 Å². The third kappa shape index (κ3) is 4.55. The first-order valence-electron chi connectivity index (χ1n) is 4.83. The first kappa shape index (κ1) is 11.6. The van der Waals surface area contributed by atoms with Gasteiger partial charge in [0.15, 0.2) is 0 Å². The molecule has 15 heavy (non-hydrogen) atoms. The average Bonchev–Trinajstić information content (AvgIpc) is 2.59. The number of aromatic nitrogens is 3. The molecule has 6 nitrogen and oxygen atoms in total. The summed E-state index contributed by atoms with van der Waals surface area (Å²) >= 11 is 0. The molecule has 84 valence electrons. The standard InChI is InChI=1S/C9H16N4O2/c1-12(2)5-6-13-7-8(10-11-13)3-4-9(14)15/h7H,3-6H2,1-2H3,(H,14,15). The minimum Gasteiger partial charge on any atom is -0.481 e. The van der Waals surface area contributed by atoms with Crippen LogP contribution >= 0.6 is 0 Å². The molecule has 0 aliphatic rings. The molecule has 0 fully saturated rings. The van der Waals surface area contributed by atoms with Crippen molar-refractivity contribution in [2.45, 2.75) is 19.4 Å². The second-order valence-corrected chi connectivity index (χ2v) is 3.67. The molecule has 0 aliphatic carbocycles. The highest BCUT2D eigenvalue weighted by Gasteiger charge is 2.03. The van der Waals surface area contributed by atoms with Crippen LogP contribution in [0.4, 0.5) is 0 Å². The van der Waals surface area contributed by atoms with Gasteiger partial charge < -0.3 is 10.0 Å². The van der Waals surface area contributed by atoms with Gasteiger partial charge in [-0.05, 0) is 14.1 Å². The van der Waals surface area contributed by atoms with Crippen LogP contribution in [0, 0.1) is 0 Å². The number of likely N-dealkylation sites (N-methyl/N-ethyl adjacent to an activating group) is 1. The summed E-state index contributed by atoms with van der Waals surface area (Å²) in [5.74, 6) is -0.808. The molecule has 6 heteroatoms. The number of hydrogen-bond acceptors (Lipinski definition) is 4. The molecule has 0 saturated carbocycles. The molecule has 0 amide bonds. The zero-order valence-corrected chi connectivity index (χ0v) is 9.05. The number of rotatable bonds is 6. The van der Waals surface area contributed by atoms with E-state index in [9.17, 15) is 4.79 Å². The maximum absolute atomic E-state index is 10.3. The summed E-state index contributed by atoms with van der Waals surface area (Å²) in [7, 11) is 3.98. The van der Waals surface area contributed by atoms with Gasteiger partial charge in [0, 0.05) is 19.2 Å². The average molecular weight is 212 g/mol. The van der Waals surface area contributed by atoms with Crippen LogP contribution in [-0.2, 0) is 17.8 Å². The first-order chi connectivity index (χ1) is 7.08. The number of nitrogens with zero attached hydrogens (tertiary/aromatic N) is 4. The summed E-state index contributed by atoms with van der Waals surface area (Å²) < 4.78 is 1.73. The van der Waals surface area contributed by atoms with E-state index in [-0.39, 0.29) is 6.42 Å². The molecule has 1 aromatic heterocycles. The highest BCUT2D eigenvalue weighted by atomic mass is 16.4. The van der Waals surface area contributed by atoms with E-state index in [1.54, 1.807) is 10.9 Å². The van der Waals surface area contributed by atoms with E-state index in [0.29, 0.717) is 6.42 Å². The fourth-order valence-electron chi connectivity index (χ4n) is 1.10. The third-order valence-electron chi connectivity index (χ3n) is 1.96. The lowest BCUT2D eigenvalue weighted by atomic mass is 10.2. The van der Waals surface area contributed by atoms with Gasteiger partial charge in [0.1, 0.15) is 0 Å². The van der Waals surface area contributed by atoms with Gasteiger partial charge in [0.25, 0.3) is 0 Å². The van der Waals surface area contributed by atoms with Gasteiger partial charge in [-0.3, -0.25) is 9.48 Å². The number of carboxylic acid groups (broad SMARTS) is 1. The van der Waals surface area contributed by atoms with Gasteiger partial charge in [-0.1, -0.05) is 5.21 Å². The summed E-state index contributed by atoms with van der Waals surface area (Å²) in [6, 6.07) is 0. The number of carbonyl (C=O) groups is 1. The Morgan fingerprint density at radius 3 is 2.93 bits per heavy atom. The summed E-state index contributed by atoms with van der Waals surface area (Å²) in [4.78, 5) is 12.4. The van der Waals surface area contributed by atoms with E-state index in [1.165, 1.54) is 0 Å². The van der Waals surface area contributed by atoms with E-state index in [4.69, 9.17) is 5.11 Å². The van der Waals surface area contributed by atoms with Crippen molar-refractivity contribution in [3.63, 3.8) is 0 Å². The quantitative estimate of drug-likeness (QED) is 0.710. The van der Waals surface area contributed by atoms with Crippen LogP contribution in [-0.4, -0.2) is 51.6 Å². The van der Waals surface area contributed by atoms with Gasteiger partial charge in [-0.2, -0.15) is 0 Å². The number of hydrogen-bond donors (Lipinski definition) is 1. The second kappa shape index (κ2) is 5.45. The third-order valence-corrected chi connectivity index (χ3v) is 1.96. The lowest BCUT2D eigenvalue weighted by Gasteiger charge is -2.07. The molecule has 0 saturated heterocycles. The monoisotopic (exact) mass is 212 g/mol. The van der Waals surface area contributed by atoms with Gasteiger partial charge in [-0.15, -0.1) is 5.10 Å². The Morgan fingerprint density at radius 1 is 1.60 bits per heavy atom. The molecule has 0 aromatic carbocycles. The topological polar surface area (TPSA) is 71.2 Å². The first-order valence-corrected chi connectivity index (χ1v) is 4.83. The number of aliphatic carboxylic acids is 1. The maximum atomic E-state index is 10.3. The molecule has 1 heterocycles. The van der Waals surface area contributed by atoms with Crippen molar-refractivity contribution < 1.29 is 9.90 Å². The van der Waals surface area contributed by atoms with Crippen molar-refractivity contribution in [1.82, 2.24) is 19.9 Å². The Morgan fingerprint density at radius 2 is 2.33 bits per heavy atom. The molecule has 0 aliphatic heterocycles. The lowest BCUT2D eigenvalue weighted by molar-refractivity contribution is -0.136. The predicted molar refractivity (Wildman–Crippen MR) is 54.5 cm³/mol. The van der Waals surface area contributed by atoms with Crippen LogP contribution < -0.4 is 0 Å². The SMILES string of the molecule is CN(C)CCn1cc(CCC(=O)O)nn1. The highest BCUT2D eigenvalue weighted by Crippen LogP contribution is 1.98. The summed E-state index contributed by atoms with van der Waals surface area (Å²) in [5.41, 5.74) is 0.733. The normalized spacial score (nSPS) is 10.9. The predicted octanol–water partition coefficient (Wildman–Crippen LogP) is -0.143. The fourth-order valence-corrected chi connectivity index (χ4v) is 1.10. The summed E-state index contributed by atoms with van der Waals surface area (Å²) in [6.45, 7) is 1.66. The van der Waals surface area contributed by atoms with E-state index in [2.05, 4.69) is 15.2 Å². The van der Waals surface area contributed by atoms with Crippen LogP contribution in [0.2, 0.25) is 0 Å². The van der Waals surface area contributed by atoms with Crippen molar-refractivity contribution in [3.8, 4) is 0 Å². The minimum atomic E-state index is -0.808. The molecular formula is C9H16N4O2. The molecule has 1 N–H and O–H groups in total. The zero-order chi connectivity index (χ0) is 11.3. The lowest BCUT2D eigenvalue weighted by Crippen LogP contribution is -2.18. The van der Waals surface area contributed by atoms with Gasteiger partial charge in [0.2, 0.25) is 0 Å². The van der Waals surface area contributed by atoms with Crippen molar-refractivity contribution in [3.05, 3.63) is 11.9 Å². The van der Waals surface area contributed by atoms with Crippen molar-refractivity contribution in [2.75, 3.05) is 20.6 Å². The maximum Gasteiger partial charge on any atom is 0.303 e. The molecule has 0 bridgehead atoms. The van der Waals surface area contributed by atoms with Gasteiger partial charge in [-0.25, -0.2) is 0 Å². The van der Waals surface area contributed by atoms with Crippen LogP contribution in [0.3, 0.4) is 0 Å². The van der Waals surface area contributed by atoms with E-state index in [0.717, 1.165) is 18.8 Å². The molecule has 0 radical (unpaired) electrons. The smallest absolute Gasteiger partial charge is 0.303 e. The largest absolute Gasteiger partial charge is 0.481 e. The fraction of sp³-hybridized carbons (Fsp3) is 0.667. The Hall–Kier alpha value is -1.43. The molecule has 1 aromatic rings. The Labute approximate surface area is 88.5 Å². The van der Waals surface area contributed by atoms with E-state index in [1.807, 2.05) is 14.1 Å². The highest BCUT2D eigenvalue weighted by molar-refractivity contribution is 5.66. The van der Waals surface area contributed by atoms with Crippen LogP contribution in [0.25, 0.3) is 0 Å². The van der Waals surface area contributed by atoms with Crippen molar-refractivity contribution in [2.24, 2.45) is 0 Å². The Kier molecular flexibility index (Phi) is 4.23. The van der Waals surface area contributed by atoms with Crippen LogP contribution in [0.15, 0.2) is 6.20 Å². The summed E-state index contributed by atoms with van der Waals surface area (Å²) in [5, 5.41) is 16.3. The van der Waals surface area contributed by atoms with Gasteiger partial charge >= 0.3 is 5.97 Å². The van der Waals surface area contributed by atoms with Gasteiger partial charge in [0.05, 0.1) is 18.7 Å². The second-order valence-electron chi connectivity index (χ2n) is 3.67. The Bertz CT molecular complexity index is 322. The number of carboxylic acids is 1. The molecular weight excluding hydrogens is 196 g/mol. The zero-order valence-electron chi connectivity index (χ0n) is 9.05. The van der Waals surface area contributed by atoms with E-state index < -0.39 is 5.97 Å².